The van der Waals surface area contributed by atoms with Crippen molar-refractivity contribution in [1.82, 2.24) is 10.6 Å². The van der Waals surface area contributed by atoms with Crippen LogP contribution in [-0.4, -0.2) is 11.8 Å². The van der Waals surface area contributed by atoms with Gasteiger partial charge in [-0.15, -0.1) is 45.3 Å². The zero-order valence-corrected chi connectivity index (χ0v) is 21.2. The lowest BCUT2D eigenvalue weighted by atomic mass is 9.94. The van der Waals surface area contributed by atoms with Gasteiger partial charge in [-0.1, -0.05) is 18.6 Å². The van der Waals surface area contributed by atoms with E-state index in [0.29, 0.717) is 13.1 Å². The first kappa shape index (κ1) is 22.5. The Balaban J connectivity index is 1.13. The molecule has 0 saturated heterocycles. The molecule has 2 N–H and O–H groups in total. The van der Waals surface area contributed by atoms with Crippen molar-refractivity contribution >= 4 is 57.2 Å². The van der Waals surface area contributed by atoms with Crippen LogP contribution in [0.3, 0.4) is 0 Å². The van der Waals surface area contributed by atoms with E-state index >= 15 is 0 Å². The molecule has 4 nitrogen and oxygen atoms in total. The molecule has 1 aliphatic carbocycles. The van der Waals surface area contributed by atoms with Gasteiger partial charge in [0.25, 0.3) is 0 Å². The van der Waals surface area contributed by atoms with Crippen LogP contribution in [-0.2, 0) is 22.7 Å². The molecule has 2 atom stereocenters. The van der Waals surface area contributed by atoms with Crippen molar-refractivity contribution in [3.8, 4) is 19.5 Å². The first-order chi connectivity index (χ1) is 16.2. The molecule has 2 amide bonds. The fourth-order valence-electron chi connectivity index (χ4n) is 4.25. The van der Waals surface area contributed by atoms with E-state index in [4.69, 9.17) is 0 Å². The first-order valence-electron chi connectivity index (χ1n) is 11.0. The molecule has 0 bridgehead atoms. The van der Waals surface area contributed by atoms with E-state index in [-0.39, 0.29) is 23.7 Å². The average molecular weight is 513 g/mol. The van der Waals surface area contributed by atoms with Crippen molar-refractivity contribution in [2.24, 2.45) is 11.8 Å². The molecule has 33 heavy (non-hydrogen) atoms. The number of thiophene rings is 4. The molecule has 0 spiro atoms. The monoisotopic (exact) mass is 512 g/mol. The molecular formula is C25H24N2O2S4. The van der Waals surface area contributed by atoms with Gasteiger partial charge in [-0.05, 0) is 60.0 Å². The number of nitrogens with one attached hydrogen (secondary N) is 2. The van der Waals surface area contributed by atoms with Crippen LogP contribution >= 0.6 is 45.3 Å². The molecule has 5 rings (SSSR count). The second kappa shape index (κ2) is 10.3. The third kappa shape index (κ3) is 5.30. The van der Waals surface area contributed by atoms with E-state index in [0.717, 1.165) is 29.0 Å². The molecule has 8 heteroatoms. The molecule has 1 fully saturated rings. The predicted octanol–water partition coefficient (Wildman–Crippen LogP) is 6.62. The van der Waals surface area contributed by atoms with Crippen LogP contribution in [0.4, 0.5) is 0 Å². The van der Waals surface area contributed by atoms with E-state index < -0.39 is 0 Å². The number of hydrogen-bond donors (Lipinski definition) is 2. The van der Waals surface area contributed by atoms with Crippen LogP contribution in [0.15, 0.2) is 59.3 Å². The Kier molecular flexibility index (Phi) is 7.06. The Morgan fingerprint density at radius 3 is 1.61 bits per heavy atom. The number of amides is 2. The third-order valence-electron chi connectivity index (χ3n) is 5.91. The summed E-state index contributed by atoms with van der Waals surface area (Å²) in [5.74, 6) is -0.497. The van der Waals surface area contributed by atoms with Crippen molar-refractivity contribution < 1.29 is 9.59 Å². The van der Waals surface area contributed by atoms with Crippen molar-refractivity contribution in [2.75, 3.05) is 0 Å². The van der Waals surface area contributed by atoms with Crippen molar-refractivity contribution in [1.29, 1.82) is 0 Å². The SMILES string of the molecule is O=C(NCc1ccc(-c2cccs2)s1)C1CCC[C@H]1C(=O)NCc1ccc(-c2cccs2)s1. The van der Waals surface area contributed by atoms with Crippen LogP contribution in [0.25, 0.3) is 19.5 Å². The van der Waals surface area contributed by atoms with Crippen molar-refractivity contribution in [3.05, 3.63) is 69.0 Å². The maximum atomic E-state index is 12.9. The summed E-state index contributed by atoms with van der Waals surface area (Å²) in [6, 6.07) is 16.7. The van der Waals surface area contributed by atoms with E-state index in [1.807, 2.05) is 12.1 Å². The molecule has 4 aromatic heterocycles. The Hall–Kier alpha value is -2.26. The third-order valence-corrected chi connectivity index (χ3v) is 10.2. The molecule has 1 unspecified atom stereocenters. The molecule has 4 heterocycles. The average Bonchev–Trinajstić information content (AvgIpc) is 3.64. The second-order valence-corrected chi connectivity index (χ2v) is 12.3. The maximum Gasteiger partial charge on any atom is 0.224 e. The maximum absolute atomic E-state index is 12.9. The molecule has 1 aliphatic rings. The summed E-state index contributed by atoms with van der Waals surface area (Å²) in [7, 11) is 0. The second-order valence-electron chi connectivity index (χ2n) is 8.07. The van der Waals surface area contributed by atoms with Gasteiger partial charge in [-0.2, -0.15) is 0 Å². The summed E-state index contributed by atoms with van der Waals surface area (Å²) in [6.07, 6.45) is 2.46. The lowest BCUT2D eigenvalue weighted by Gasteiger charge is -2.18. The Labute approximate surface area is 209 Å². The number of carbonyl (C=O) groups excluding carboxylic acids is 2. The molecule has 1 saturated carbocycles. The summed E-state index contributed by atoms with van der Waals surface area (Å²) in [5.41, 5.74) is 0. The number of carbonyl (C=O) groups is 2. The highest BCUT2D eigenvalue weighted by molar-refractivity contribution is 7.21. The van der Waals surface area contributed by atoms with Gasteiger partial charge in [0.1, 0.15) is 0 Å². The fourth-order valence-corrected chi connectivity index (χ4v) is 7.81. The number of hydrogen-bond acceptors (Lipinski definition) is 6. The summed E-state index contributed by atoms with van der Waals surface area (Å²) in [6.45, 7) is 1.03. The van der Waals surface area contributed by atoms with Crippen LogP contribution in [0.5, 0.6) is 0 Å². The Bertz CT molecular complexity index is 1110. The minimum atomic E-state index is -0.244. The van der Waals surface area contributed by atoms with Gasteiger partial charge in [0, 0.05) is 41.1 Å². The summed E-state index contributed by atoms with van der Waals surface area (Å²) in [4.78, 5) is 33.0. The highest BCUT2D eigenvalue weighted by Gasteiger charge is 2.37. The minimum absolute atomic E-state index is 0.00479. The Morgan fingerprint density at radius 2 is 1.18 bits per heavy atom. The van der Waals surface area contributed by atoms with Gasteiger partial charge in [0.15, 0.2) is 0 Å². The minimum Gasteiger partial charge on any atom is -0.351 e. The Morgan fingerprint density at radius 1 is 0.697 bits per heavy atom. The van der Waals surface area contributed by atoms with Crippen LogP contribution < -0.4 is 10.6 Å². The van der Waals surface area contributed by atoms with Gasteiger partial charge >= 0.3 is 0 Å². The van der Waals surface area contributed by atoms with E-state index in [9.17, 15) is 9.59 Å². The van der Waals surface area contributed by atoms with Crippen LogP contribution in [0.1, 0.15) is 29.0 Å². The van der Waals surface area contributed by atoms with E-state index in [2.05, 4.69) is 57.8 Å². The topological polar surface area (TPSA) is 58.2 Å². The van der Waals surface area contributed by atoms with E-state index in [1.165, 1.54) is 19.5 Å². The van der Waals surface area contributed by atoms with Crippen molar-refractivity contribution in [2.45, 2.75) is 32.4 Å². The normalized spacial score (nSPS) is 17.8. The van der Waals surface area contributed by atoms with Crippen LogP contribution in [0, 0.1) is 11.8 Å². The fraction of sp³-hybridized carbons (Fsp3) is 0.280. The molecule has 0 radical (unpaired) electrons. The van der Waals surface area contributed by atoms with Gasteiger partial charge in [0.05, 0.1) is 13.1 Å². The van der Waals surface area contributed by atoms with E-state index in [1.54, 1.807) is 45.3 Å². The molecular weight excluding hydrogens is 489 g/mol. The summed E-state index contributed by atoms with van der Waals surface area (Å²) in [5, 5.41) is 10.3. The van der Waals surface area contributed by atoms with Crippen molar-refractivity contribution in [3.63, 3.8) is 0 Å². The zero-order valence-electron chi connectivity index (χ0n) is 17.9. The quantitative estimate of drug-likeness (QED) is 0.279. The molecule has 170 valence electrons. The van der Waals surface area contributed by atoms with Gasteiger partial charge in [0.2, 0.25) is 11.8 Å². The first-order valence-corrected chi connectivity index (χ1v) is 14.4. The van der Waals surface area contributed by atoms with Gasteiger partial charge in [-0.25, -0.2) is 0 Å². The predicted molar refractivity (Wildman–Crippen MR) is 140 cm³/mol. The molecule has 4 aromatic rings. The standard InChI is InChI=1S/C25H24N2O2S4/c28-24(26-14-16-8-10-22(32-16)20-6-2-12-30-20)18-4-1-5-19(18)25(29)27-15-17-9-11-23(33-17)21-7-3-13-31-21/h2-3,6-13,18-19H,1,4-5,14-15H2,(H,26,28)(H,27,29)/t18-,19?/m1/s1. The molecule has 0 aliphatic heterocycles. The molecule has 0 aromatic carbocycles. The summed E-state index contributed by atoms with van der Waals surface area (Å²) < 4.78 is 0. The van der Waals surface area contributed by atoms with Gasteiger partial charge < -0.3 is 10.6 Å². The highest BCUT2D eigenvalue weighted by atomic mass is 32.1. The van der Waals surface area contributed by atoms with Gasteiger partial charge in [-0.3, -0.25) is 9.59 Å². The smallest absolute Gasteiger partial charge is 0.224 e. The zero-order chi connectivity index (χ0) is 22.6. The summed E-state index contributed by atoms with van der Waals surface area (Å²) >= 11 is 6.86. The largest absolute Gasteiger partial charge is 0.351 e. The highest BCUT2D eigenvalue weighted by Crippen LogP contribution is 2.34. The lowest BCUT2D eigenvalue weighted by Crippen LogP contribution is -2.39. The van der Waals surface area contributed by atoms with Crippen LogP contribution in [0.2, 0.25) is 0 Å². The lowest BCUT2D eigenvalue weighted by molar-refractivity contribution is -0.133. The number of rotatable bonds is 8.